The van der Waals surface area contributed by atoms with E-state index in [0.29, 0.717) is 5.56 Å². The summed E-state index contributed by atoms with van der Waals surface area (Å²) < 4.78 is 5.54. The maximum Gasteiger partial charge on any atom is 0.135 e. The summed E-state index contributed by atoms with van der Waals surface area (Å²) in [4.78, 5) is 13.9. The summed E-state index contributed by atoms with van der Waals surface area (Å²) in [6.45, 7) is 12.5. The minimum Gasteiger partial charge on any atom is -0.404 e. The van der Waals surface area contributed by atoms with Gasteiger partial charge in [-0.1, -0.05) is 13.2 Å². The molecule has 2 fully saturated rings. The van der Waals surface area contributed by atoms with E-state index in [1.54, 1.807) is 18.5 Å². The number of anilines is 3. The highest BCUT2D eigenvalue weighted by Crippen LogP contribution is 2.37. The maximum atomic E-state index is 9.99. The number of nitrogens with one attached hydrogen (secondary N) is 1. The number of hydrogen-bond acceptors (Lipinski definition) is 8. The minimum atomic E-state index is 0.181. The van der Waals surface area contributed by atoms with Crippen molar-refractivity contribution >= 4 is 29.0 Å². The molecule has 0 radical (unpaired) electrons. The van der Waals surface area contributed by atoms with Crippen molar-refractivity contribution in [1.82, 2.24) is 9.88 Å². The minimum absolute atomic E-state index is 0.181. The van der Waals surface area contributed by atoms with Crippen LogP contribution in [0.4, 0.5) is 17.2 Å². The van der Waals surface area contributed by atoms with E-state index in [1.165, 1.54) is 11.3 Å². The molecule has 3 N–H and O–H groups in total. The Morgan fingerprint density at radius 1 is 1.25 bits per heavy atom. The quantitative estimate of drug-likeness (QED) is 0.482. The molecule has 1 aromatic heterocycles. The third-order valence-electron chi connectivity index (χ3n) is 7.07. The van der Waals surface area contributed by atoms with Crippen LogP contribution >= 0.6 is 0 Å². The lowest BCUT2D eigenvalue weighted by Crippen LogP contribution is -2.48. The number of nitriles is 1. The standard InChI is InChI=1S/C28H31N7O/c1-3-19(2)35-17-23(18-35)32-16-22(15-30)20-12-21(14-29)24-4-5-25-27(34-8-10-36-11-9-34)6-7-31-28(25)33-26(24)13-20/h3,6-7,12-13,15-16,23H,1-2,4-5,8-11,17-18,30H2,(H,31,33)/b22-15+,32-16?. The van der Waals surface area contributed by atoms with E-state index < -0.39 is 0 Å². The number of aromatic nitrogens is 1. The Kier molecular flexibility index (Phi) is 6.74. The summed E-state index contributed by atoms with van der Waals surface area (Å²) in [5.41, 5.74) is 13.4. The van der Waals surface area contributed by atoms with Crippen molar-refractivity contribution in [1.29, 1.82) is 5.26 Å². The van der Waals surface area contributed by atoms with Gasteiger partial charge in [0.1, 0.15) is 5.82 Å². The SMILES string of the molecule is C=CC(=C)N1CC(N=C/C(=C\N)c2cc(C#N)c3c(c2)Nc2nccc(N4CCOCC4)c2CC3)C1. The summed E-state index contributed by atoms with van der Waals surface area (Å²) in [7, 11) is 0. The van der Waals surface area contributed by atoms with Gasteiger partial charge in [-0.3, -0.25) is 4.99 Å². The van der Waals surface area contributed by atoms with Crippen molar-refractivity contribution in [2.75, 3.05) is 49.6 Å². The van der Waals surface area contributed by atoms with Crippen LogP contribution in [0.15, 0.2) is 60.5 Å². The fourth-order valence-corrected chi connectivity index (χ4v) is 4.95. The fourth-order valence-electron chi connectivity index (χ4n) is 4.95. The van der Waals surface area contributed by atoms with Gasteiger partial charge in [0, 0.05) is 73.0 Å². The van der Waals surface area contributed by atoms with Crippen molar-refractivity contribution in [3.05, 3.63) is 77.8 Å². The van der Waals surface area contributed by atoms with E-state index in [2.05, 4.69) is 45.4 Å². The van der Waals surface area contributed by atoms with Crippen LogP contribution in [0.5, 0.6) is 0 Å². The molecule has 8 heteroatoms. The first-order valence-corrected chi connectivity index (χ1v) is 12.3. The Morgan fingerprint density at radius 2 is 2.03 bits per heavy atom. The number of nitrogens with zero attached hydrogens (tertiary/aromatic N) is 5. The Labute approximate surface area is 212 Å². The molecule has 1 aromatic carbocycles. The molecular weight excluding hydrogens is 450 g/mol. The summed E-state index contributed by atoms with van der Waals surface area (Å²) in [6.07, 6.45) is 8.51. The van der Waals surface area contributed by atoms with Crippen LogP contribution in [0, 0.1) is 11.3 Å². The first-order chi connectivity index (χ1) is 17.6. The van der Waals surface area contributed by atoms with Crippen LogP contribution in [0.3, 0.4) is 0 Å². The number of aliphatic imine (C=N–C) groups is 1. The molecule has 4 heterocycles. The number of morpholine rings is 1. The Bertz CT molecular complexity index is 1280. The molecule has 5 rings (SSSR count). The maximum absolute atomic E-state index is 9.99. The lowest BCUT2D eigenvalue weighted by molar-refractivity contribution is 0.122. The average Bonchev–Trinajstić information content (AvgIpc) is 3.08. The van der Waals surface area contributed by atoms with Crippen LogP contribution in [-0.2, 0) is 17.6 Å². The summed E-state index contributed by atoms with van der Waals surface area (Å²) in [5, 5.41) is 13.5. The highest BCUT2D eigenvalue weighted by Gasteiger charge is 2.26. The van der Waals surface area contributed by atoms with Crippen molar-refractivity contribution in [3.8, 4) is 6.07 Å². The Hall–Kier alpha value is -4.09. The first-order valence-electron chi connectivity index (χ1n) is 12.3. The number of rotatable bonds is 6. The van der Waals surface area contributed by atoms with Gasteiger partial charge < -0.3 is 25.6 Å². The molecule has 0 saturated carbocycles. The zero-order valence-electron chi connectivity index (χ0n) is 20.4. The number of ether oxygens (including phenoxy) is 1. The molecule has 8 nitrogen and oxygen atoms in total. The van der Waals surface area contributed by atoms with E-state index in [4.69, 9.17) is 15.5 Å². The molecule has 0 amide bonds. The van der Waals surface area contributed by atoms with E-state index in [1.807, 2.05) is 18.3 Å². The van der Waals surface area contributed by atoms with Gasteiger partial charge in [-0.15, -0.1) is 0 Å². The molecular formula is C28H31N7O. The molecule has 0 atom stereocenters. The number of pyridine rings is 1. The van der Waals surface area contributed by atoms with Gasteiger partial charge in [-0.05, 0) is 48.2 Å². The monoisotopic (exact) mass is 481 g/mol. The normalized spacial score (nSPS) is 17.9. The summed E-state index contributed by atoms with van der Waals surface area (Å²) in [5.74, 6) is 0.836. The van der Waals surface area contributed by atoms with Gasteiger partial charge >= 0.3 is 0 Å². The van der Waals surface area contributed by atoms with E-state index in [-0.39, 0.29) is 6.04 Å². The zero-order valence-corrected chi connectivity index (χ0v) is 20.4. The number of benzene rings is 1. The van der Waals surface area contributed by atoms with Crippen LogP contribution in [0.2, 0.25) is 0 Å². The smallest absolute Gasteiger partial charge is 0.135 e. The fraction of sp³-hybridized carbons (Fsp3) is 0.321. The van der Waals surface area contributed by atoms with Gasteiger partial charge in [0.15, 0.2) is 0 Å². The predicted molar refractivity (Wildman–Crippen MR) is 144 cm³/mol. The largest absolute Gasteiger partial charge is 0.404 e. The molecule has 3 aliphatic heterocycles. The van der Waals surface area contributed by atoms with Gasteiger partial charge in [-0.25, -0.2) is 4.98 Å². The van der Waals surface area contributed by atoms with Crippen LogP contribution in [-0.4, -0.2) is 61.5 Å². The Morgan fingerprint density at radius 3 is 2.75 bits per heavy atom. The van der Waals surface area contributed by atoms with Crippen LogP contribution in [0.25, 0.3) is 5.57 Å². The van der Waals surface area contributed by atoms with Gasteiger partial charge in [0.25, 0.3) is 0 Å². The number of likely N-dealkylation sites (tertiary alicyclic amines) is 1. The van der Waals surface area contributed by atoms with Gasteiger partial charge in [0.2, 0.25) is 0 Å². The van der Waals surface area contributed by atoms with Gasteiger partial charge in [-0.2, -0.15) is 5.26 Å². The highest BCUT2D eigenvalue weighted by atomic mass is 16.5. The second kappa shape index (κ2) is 10.3. The van der Waals surface area contributed by atoms with Crippen molar-refractivity contribution in [2.45, 2.75) is 18.9 Å². The number of allylic oxidation sites excluding steroid dienone is 2. The molecule has 184 valence electrons. The third-order valence-corrected chi connectivity index (χ3v) is 7.07. The van der Waals surface area contributed by atoms with E-state index in [0.717, 1.165) is 86.1 Å². The number of hydrogen-bond donors (Lipinski definition) is 2. The molecule has 2 aromatic rings. The van der Waals surface area contributed by atoms with Crippen LogP contribution in [0.1, 0.15) is 22.3 Å². The lowest BCUT2D eigenvalue weighted by atomic mass is 9.95. The summed E-state index contributed by atoms with van der Waals surface area (Å²) >= 11 is 0. The topological polar surface area (TPSA) is 103 Å². The van der Waals surface area contributed by atoms with Crippen molar-refractivity contribution < 1.29 is 4.74 Å². The van der Waals surface area contributed by atoms with E-state index >= 15 is 0 Å². The summed E-state index contributed by atoms with van der Waals surface area (Å²) in [6, 6.07) is 8.61. The number of nitrogens with two attached hydrogens (primary N) is 1. The third kappa shape index (κ3) is 4.58. The van der Waals surface area contributed by atoms with Crippen molar-refractivity contribution in [2.24, 2.45) is 10.7 Å². The molecule has 0 bridgehead atoms. The lowest BCUT2D eigenvalue weighted by Gasteiger charge is -2.39. The highest BCUT2D eigenvalue weighted by molar-refractivity contribution is 6.10. The predicted octanol–water partition coefficient (Wildman–Crippen LogP) is 3.39. The molecule has 0 aliphatic carbocycles. The average molecular weight is 482 g/mol. The Balaban J connectivity index is 1.41. The molecule has 36 heavy (non-hydrogen) atoms. The van der Waals surface area contributed by atoms with E-state index in [9.17, 15) is 5.26 Å². The molecule has 3 aliphatic rings. The second-order valence-corrected chi connectivity index (χ2v) is 9.20. The zero-order chi connectivity index (χ0) is 25.1. The molecule has 0 spiro atoms. The number of fused-ring (bicyclic) bond motifs is 2. The first kappa shape index (κ1) is 23.6. The molecule has 0 unspecified atom stereocenters. The molecule has 2 saturated heterocycles. The second-order valence-electron chi connectivity index (χ2n) is 9.20. The van der Waals surface area contributed by atoms with Crippen molar-refractivity contribution in [3.63, 3.8) is 0 Å². The van der Waals surface area contributed by atoms with Gasteiger partial charge in [0.05, 0.1) is 30.9 Å². The van der Waals surface area contributed by atoms with Crippen LogP contribution < -0.4 is 16.0 Å².